The van der Waals surface area contributed by atoms with Crippen LogP contribution in [-0.4, -0.2) is 59.9 Å². The van der Waals surface area contributed by atoms with Crippen molar-refractivity contribution < 1.29 is 18.8 Å². The van der Waals surface area contributed by atoms with E-state index in [-0.39, 0.29) is 35.8 Å². The van der Waals surface area contributed by atoms with Crippen LogP contribution < -0.4 is 4.74 Å². The molecule has 13 heteroatoms. The topological polar surface area (TPSA) is 123 Å². The smallest absolute Gasteiger partial charge is 0.352 e. The van der Waals surface area contributed by atoms with Gasteiger partial charge in [-0.3, -0.25) is 14.8 Å². The van der Waals surface area contributed by atoms with Crippen molar-refractivity contribution in [3.8, 4) is 5.88 Å². The predicted octanol–water partition coefficient (Wildman–Crippen LogP) is 3.36. The standard InChI is InChI=1S/C19H23ClFN7O4/c1-11-13-9-22-18(20)23-16(13)26(24-11)6-4-7-32-17-15(28(29)30)12(2)27(25-17)14-5-8-31-10-19(14,3)21/h9,14H,4-8,10H2,1-3H3. The van der Waals surface area contributed by atoms with E-state index in [2.05, 4.69) is 20.2 Å². The van der Waals surface area contributed by atoms with Gasteiger partial charge in [0.15, 0.2) is 11.3 Å². The predicted molar refractivity (Wildman–Crippen MR) is 113 cm³/mol. The summed E-state index contributed by atoms with van der Waals surface area (Å²) < 4.78 is 28.9. The number of rotatable bonds is 7. The molecule has 0 amide bonds. The van der Waals surface area contributed by atoms with Crippen LogP contribution in [0.25, 0.3) is 11.0 Å². The number of fused-ring (bicyclic) bond motifs is 1. The molecule has 1 saturated heterocycles. The molecule has 0 bridgehead atoms. The second-order valence-corrected chi connectivity index (χ2v) is 8.30. The van der Waals surface area contributed by atoms with Gasteiger partial charge in [0, 0.05) is 25.8 Å². The Bertz CT molecular complexity index is 1160. The third-order valence-corrected chi connectivity index (χ3v) is 5.76. The van der Waals surface area contributed by atoms with Crippen molar-refractivity contribution in [2.24, 2.45) is 0 Å². The van der Waals surface area contributed by atoms with Gasteiger partial charge in [-0.25, -0.2) is 14.1 Å². The van der Waals surface area contributed by atoms with Crippen LogP contribution in [0.5, 0.6) is 5.88 Å². The van der Waals surface area contributed by atoms with Crippen LogP contribution in [0.3, 0.4) is 0 Å². The molecule has 2 atom stereocenters. The van der Waals surface area contributed by atoms with Crippen LogP contribution in [0.1, 0.15) is 37.2 Å². The van der Waals surface area contributed by atoms with Gasteiger partial charge < -0.3 is 9.47 Å². The summed E-state index contributed by atoms with van der Waals surface area (Å²) in [6.45, 7) is 5.68. The van der Waals surface area contributed by atoms with E-state index in [1.165, 1.54) is 11.6 Å². The molecule has 0 saturated carbocycles. The number of ether oxygens (including phenoxy) is 2. The minimum atomic E-state index is -1.69. The first kappa shape index (κ1) is 22.3. The summed E-state index contributed by atoms with van der Waals surface area (Å²) in [4.78, 5) is 19.3. The highest BCUT2D eigenvalue weighted by molar-refractivity contribution is 6.28. The van der Waals surface area contributed by atoms with Crippen molar-refractivity contribution in [1.82, 2.24) is 29.5 Å². The van der Waals surface area contributed by atoms with E-state index in [0.29, 0.717) is 31.6 Å². The van der Waals surface area contributed by atoms with Gasteiger partial charge in [0.05, 0.1) is 35.3 Å². The minimum absolute atomic E-state index is 0.0915. The Kier molecular flexibility index (Phi) is 5.99. The van der Waals surface area contributed by atoms with Crippen molar-refractivity contribution >= 4 is 28.3 Å². The average molecular weight is 468 g/mol. The number of nitro groups is 1. The first-order valence-electron chi connectivity index (χ1n) is 10.2. The molecule has 0 radical (unpaired) electrons. The normalized spacial score (nSPS) is 21.2. The maximum Gasteiger partial charge on any atom is 0.352 e. The fourth-order valence-corrected chi connectivity index (χ4v) is 4.09. The quantitative estimate of drug-likeness (QED) is 0.224. The van der Waals surface area contributed by atoms with Crippen molar-refractivity contribution in [2.45, 2.75) is 51.9 Å². The van der Waals surface area contributed by atoms with Gasteiger partial charge >= 0.3 is 11.6 Å². The Labute approximate surface area is 187 Å². The number of hydrogen-bond donors (Lipinski definition) is 0. The molecule has 11 nitrogen and oxygen atoms in total. The Balaban J connectivity index is 1.49. The molecule has 0 aliphatic carbocycles. The van der Waals surface area contributed by atoms with Crippen LogP contribution in [-0.2, 0) is 11.3 Å². The lowest BCUT2D eigenvalue weighted by Crippen LogP contribution is -2.42. The minimum Gasteiger partial charge on any atom is -0.472 e. The lowest BCUT2D eigenvalue weighted by Gasteiger charge is -2.35. The highest BCUT2D eigenvalue weighted by Crippen LogP contribution is 2.39. The van der Waals surface area contributed by atoms with E-state index in [4.69, 9.17) is 21.1 Å². The number of alkyl halides is 1. The van der Waals surface area contributed by atoms with Gasteiger partial charge in [-0.2, -0.15) is 10.1 Å². The van der Waals surface area contributed by atoms with Crippen LogP contribution in [0.2, 0.25) is 5.28 Å². The van der Waals surface area contributed by atoms with E-state index in [9.17, 15) is 14.5 Å². The maximum absolute atomic E-state index is 15.0. The molecule has 0 N–H and O–H groups in total. The Morgan fingerprint density at radius 1 is 1.44 bits per heavy atom. The molecule has 172 valence electrons. The molecule has 4 rings (SSSR count). The molecule has 1 aliphatic heterocycles. The highest BCUT2D eigenvalue weighted by atomic mass is 35.5. The van der Waals surface area contributed by atoms with Gasteiger partial charge in [-0.1, -0.05) is 0 Å². The molecule has 3 aromatic heterocycles. The summed E-state index contributed by atoms with van der Waals surface area (Å²) in [6, 6.07) is -0.671. The van der Waals surface area contributed by atoms with Crippen molar-refractivity contribution in [1.29, 1.82) is 0 Å². The van der Waals surface area contributed by atoms with Crippen molar-refractivity contribution in [2.75, 3.05) is 19.8 Å². The molecule has 3 aromatic rings. The van der Waals surface area contributed by atoms with Crippen molar-refractivity contribution in [3.05, 3.63) is 33.0 Å². The average Bonchev–Trinajstić information content (AvgIpc) is 3.21. The summed E-state index contributed by atoms with van der Waals surface area (Å²) >= 11 is 5.89. The van der Waals surface area contributed by atoms with Gasteiger partial charge in [-0.15, -0.1) is 5.10 Å². The molecular weight excluding hydrogens is 445 g/mol. The van der Waals surface area contributed by atoms with E-state index >= 15 is 0 Å². The lowest BCUT2D eigenvalue weighted by atomic mass is 9.94. The third-order valence-electron chi connectivity index (χ3n) is 5.58. The number of hydrogen-bond acceptors (Lipinski definition) is 8. The summed E-state index contributed by atoms with van der Waals surface area (Å²) in [5.41, 5.74) is -0.320. The molecular formula is C19H23ClFN7O4. The van der Waals surface area contributed by atoms with Gasteiger partial charge in [-0.05, 0) is 38.8 Å². The second-order valence-electron chi connectivity index (χ2n) is 7.96. The monoisotopic (exact) mass is 467 g/mol. The number of aromatic nitrogens is 6. The zero-order valence-corrected chi connectivity index (χ0v) is 18.7. The summed E-state index contributed by atoms with van der Waals surface area (Å²) in [6.07, 6.45) is 2.47. The molecule has 4 heterocycles. The van der Waals surface area contributed by atoms with E-state index in [0.717, 1.165) is 11.1 Å². The van der Waals surface area contributed by atoms with Crippen LogP contribution in [0, 0.1) is 24.0 Å². The molecule has 32 heavy (non-hydrogen) atoms. The van der Waals surface area contributed by atoms with E-state index in [1.807, 2.05) is 6.92 Å². The number of nitrogens with zero attached hydrogens (tertiary/aromatic N) is 7. The first-order valence-corrected chi connectivity index (χ1v) is 10.6. The zero-order chi connectivity index (χ0) is 23.0. The van der Waals surface area contributed by atoms with Gasteiger partial charge in [0.25, 0.3) is 0 Å². The zero-order valence-electron chi connectivity index (χ0n) is 17.9. The fourth-order valence-electron chi connectivity index (χ4n) is 3.96. The Hall–Kier alpha value is -2.86. The molecule has 2 unspecified atom stereocenters. The molecule has 0 aromatic carbocycles. The maximum atomic E-state index is 15.0. The Morgan fingerprint density at radius 2 is 2.22 bits per heavy atom. The SMILES string of the molecule is Cc1nn(CCCOc2nn(C3CCOCC3(C)F)c(C)c2[N+](=O)[O-])c2nc(Cl)ncc12. The van der Waals surface area contributed by atoms with Crippen LogP contribution in [0.15, 0.2) is 6.20 Å². The van der Waals surface area contributed by atoms with E-state index < -0.39 is 16.6 Å². The third kappa shape index (κ3) is 4.11. The first-order chi connectivity index (χ1) is 15.2. The highest BCUT2D eigenvalue weighted by Gasteiger charge is 2.42. The Morgan fingerprint density at radius 3 is 2.94 bits per heavy atom. The fraction of sp³-hybridized carbons (Fsp3) is 0.579. The van der Waals surface area contributed by atoms with Crippen LogP contribution in [0.4, 0.5) is 10.1 Å². The molecule has 0 spiro atoms. The molecule has 1 aliphatic rings. The van der Waals surface area contributed by atoms with E-state index in [1.54, 1.807) is 17.8 Å². The summed E-state index contributed by atoms with van der Waals surface area (Å²) in [5, 5.41) is 21.3. The van der Waals surface area contributed by atoms with Gasteiger partial charge in [0.2, 0.25) is 5.28 Å². The number of aryl methyl sites for hydroxylation is 2. The number of halogens is 2. The largest absolute Gasteiger partial charge is 0.472 e. The molecule has 1 fully saturated rings. The van der Waals surface area contributed by atoms with Crippen molar-refractivity contribution in [3.63, 3.8) is 0 Å². The summed E-state index contributed by atoms with van der Waals surface area (Å²) in [5.74, 6) is -0.123. The lowest BCUT2D eigenvalue weighted by molar-refractivity contribution is -0.386. The van der Waals surface area contributed by atoms with Crippen LogP contribution >= 0.6 is 11.6 Å². The second kappa shape index (κ2) is 8.58. The van der Waals surface area contributed by atoms with Gasteiger partial charge in [0.1, 0.15) is 5.69 Å². The summed E-state index contributed by atoms with van der Waals surface area (Å²) in [7, 11) is 0.